The highest BCUT2D eigenvalue weighted by Gasteiger charge is 2.13. The van der Waals surface area contributed by atoms with Gasteiger partial charge in [-0.3, -0.25) is 4.90 Å². The van der Waals surface area contributed by atoms with Crippen molar-refractivity contribution in [3.05, 3.63) is 70.8 Å². The Morgan fingerprint density at radius 3 is 1.52 bits per heavy atom. The molecule has 2 aliphatic heterocycles. The Hall–Kier alpha value is -1.64. The Morgan fingerprint density at radius 1 is 0.609 bits per heavy atom. The van der Waals surface area contributed by atoms with Gasteiger partial charge in [0.1, 0.15) is 0 Å². The molecule has 0 saturated carbocycles. The molecule has 0 amide bonds. The summed E-state index contributed by atoms with van der Waals surface area (Å²) in [6, 6.07) is 17.4. The molecule has 126 valence electrons. The molecule has 0 unspecified atom stereocenters. The summed E-state index contributed by atoms with van der Waals surface area (Å²) >= 11 is 0. The lowest BCUT2D eigenvalue weighted by atomic mass is 10.0. The highest BCUT2D eigenvalue weighted by atomic mass is 15.1. The van der Waals surface area contributed by atoms with Crippen molar-refractivity contribution in [3.63, 3.8) is 0 Å². The van der Waals surface area contributed by atoms with Gasteiger partial charge in [0.05, 0.1) is 0 Å². The van der Waals surface area contributed by atoms with Gasteiger partial charge in [-0.15, -0.1) is 0 Å². The van der Waals surface area contributed by atoms with E-state index in [-0.39, 0.29) is 14.9 Å². The molecule has 2 aliphatic rings. The van der Waals surface area contributed by atoms with Crippen molar-refractivity contribution >= 4 is 0 Å². The standard InChI is InChI=1S/C10H13N.C9H11N.2CH4/c1-11-7-6-9-4-2-3-5-10(9)8-11;1-10-6-8-4-2-3-5-9(8)7-10;;/h2-5H,6-8H2,1H3;2-5H,6-7H2,1H3;2*1H4. The quantitative estimate of drug-likeness (QED) is 0.702. The second kappa shape index (κ2) is 8.85. The number of rotatable bonds is 0. The summed E-state index contributed by atoms with van der Waals surface area (Å²) in [6.07, 6.45) is 1.21. The average molecular weight is 313 g/mol. The maximum Gasteiger partial charge on any atom is 0.0237 e. The van der Waals surface area contributed by atoms with Crippen LogP contribution < -0.4 is 0 Å². The van der Waals surface area contributed by atoms with Crippen LogP contribution in [0.1, 0.15) is 37.1 Å². The van der Waals surface area contributed by atoms with Gasteiger partial charge >= 0.3 is 0 Å². The van der Waals surface area contributed by atoms with Crippen LogP contribution >= 0.6 is 0 Å². The maximum atomic E-state index is 2.36. The van der Waals surface area contributed by atoms with E-state index < -0.39 is 0 Å². The third-order valence-corrected chi connectivity index (χ3v) is 4.32. The lowest BCUT2D eigenvalue weighted by Gasteiger charge is -2.24. The molecule has 2 aromatic rings. The Kier molecular flexibility index (Phi) is 7.47. The van der Waals surface area contributed by atoms with Gasteiger partial charge in [0, 0.05) is 26.2 Å². The normalized spacial score (nSPS) is 16.1. The molecule has 0 radical (unpaired) electrons. The van der Waals surface area contributed by atoms with Gasteiger partial charge in [-0.2, -0.15) is 0 Å². The molecule has 2 nitrogen and oxygen atoms in total. The zero-order valence-corrected chi connectivity index (χ0v) is 13.0. The summed E-state index contributed by atoms with van der Waals surface area (Å²) < 4.78 is 0. The minimum absolute atomic E-state index is 0. The first-order chi connectivity index (χ1) is 10.2. The SMILES string of the molecule is C.C.CN1CCc2ccccc2C1.CN1Cc2ccccc2C1. The van der Waals surface area contributed by atoms with Crippen molar-refractivity contribution in [2.75, 3.05) is 20.6 Å². The Bertz CT molecular complexity index is 581. The van der Waals surface area contributed by atoms with E-state index in [1.54, 1.807) is 0 Å². The van der Waals surface area contributed by atoms with Gasteiger partial charge in [-0.1, -0.05) is 63.4 Å². The number of hydrogen-bond acceptors (Lipinski definition) is 2. The first-order valence-electron chi connectivity index (χ1n) is 7.73. The smallest absolute Gasteiger partial charge is 0.0237 e. The summed E-state index contributed by atoms with van der Waals surface area (Å²) in [5.74, 6) is 0. The number of benzene rings is 2. The summed E-state index contributed by atoms with van der Waals surface area (Å²) in [5, 5.41) is 0. The molecule has 4 rings (SSSR count). The fourth-order valence-corrected chi connectivity index (χ4v) is 3.14. The van der Waals surface area contributed by atoms with Gasteiger partial charge in [-0.25, -0.2) is 0 Å². The molecule has 0 aromatic heterocycles. The zero-order chi connectivity index (χ0) is 14.7. The Labute approximate surface area is 142 Å². The highest BCUT2D eigenvalue weighted by molar-refractivity contribution is 5.30. The molecule has 0 fully saturated rings. The Morgan fingerprint density at radius 2 is 1.00 bits per heavy atom. The van der Waals surface area contributed by atoms with Crippen LogP contribution in [0.5, 0.6) is 0 Å². The predicted molar refractivity (Wildman–Crippen MR) is 102 cm³/mol. The van der Waals surface area contributed by atoms with Crippen LogP contribution in [0.15, 0.2) is 48.5 Å². The number of likely N-dealkylation sites (N-methyl/N-ethyl adjacent to an activating group) is 1. The predicted octanol–water partition coefficient (Wildman–Crippen LogP) is 4.58. The second-order valence-electron chi connectivity index (χ2n) is 6.20. The van der Waals surface area contributed by atoms with Crippen LogP contribution in [0.4, 0.5) is 0 Å². The summed E-state index contributed by atoms with van der Waals surface area (Å²) in [5.41, 5.74) is 6.02. The van der Waals surface area contributed by atoms with E-state index in [2.05, 4.69) is 72.4 Å². The van der Waals surface area contributed by atoms with Crippen molar-refractivity contribution in [2.24, 2.45) is 0 Å². The molecule has 2 heterocycles. The Balaban J connectivity index is 0.000000212. The molecule has 2 aromatic carbocycles. The molecule has 23 heavy (non-hydrogen) atoms. The van der Waals surface area contributed by atoms with Crippen molar-refractivity contribution in [1.29, 1.82) is 0 Å². The minimum atomic E-state index is 0. The largest absolute Gasteiger partial charge is 0.302 e. The van der Waals surface area contributed by atoms with E-state index in [4.69, 9.17) is 0 Å². The first kappa shape index (κ1) is 19.4. The monoisotopic (exact) mass is 312 g/mol. The zero-order valence-electron chi connectivity index (χ0n) is 13.0. The molecule has 0 N–H and O–H groups in total. The molecule has 0 atom stereocenters. The van der Waals surface area contributed by atoms with E-state index >= 15 is 0 Å². The van der Waals surface area contributed by atoms with Crippen LogP contribution in [-0.2, 0) is 26.1 Å². The molecular formula is C21H32N2. The number of hydrogen-bond donors (Lipinski definition) is 0. The van der Waals surface area contributed by atoms with Crippen LogP contribution in [0, 0.1) is 0 Å². The molecule has 0 bridgehead atoms. The topological polar surface area (TPSA) is 6.48 Å². The van der Waals surface area contributed by atoms with E-state index in [1.807, 2.05) is 0 Å². The van der Waals surface area contributed by atoms with Gasteiger partial charge in [0.15, 0.2) is 0 Å². The minimum Gasteiger partial charge on any atom is -0.302 e. The first-order valence-corrected chi connectivity index (χ1v) is 7.73. The lowest BCUT2D eigenvalue weighted by molar-refractivity contribution is 0.313. The molecule has 0 aliphatic carbocycles. The van der Waals surface area contributed by atoms with Gasteiger partial charge < -0.3 is 4.90 Å². The summed E-state index contributed by atoms with van der Waals surface area (Å²) in [7, 11) is 4.33. The van der Waals surface area contributed by atoms with Crippen LogP contribution in [0.25, 0.3) is 0 Å². The molecule has 0 saturated heterocycles. The second-order valence-corrected chi connectivity index (χ2v) is 6.20. The third kappa shape index (κ3) is 4.92. The van der Waals surface area contributed by atoms with Crippen LogP contribution in [-0.4, -0.2) is 30.4 Å². The summed E-state index contributed by atoms with van der Waals surface area (Å²) in [6.45, 7) is 4.57. The van der Waals surface area contributed by atoms with E-state index in [9.17, 15) is 0 Å². The fraction of sp³-hybridized carbons (Fsp3) is 0.429. The van der Waals surface area contributed by atoms with Crippen molar-refractivity contribution in [2.45, 2.75) is 40.9 Å². The summed E-state index contributed by atoms with van der Waals surface area (Å²) in [4.78, 5) is 4.69. The van der Waals surface area contributed by atoms with Gasteiger partial charge in [0.2, 0.25) is 0 Å². The van der Waals surface area contributed by atoms with Crippen molar-refractivity contribution in [3.8, 4) is 0 Å². The molecule has 2 heteroatoms. The van der Waals surface area contributed by atoms with Crippen LogP contribution in [0.3, 0.4) is 0 Å². The van der Waals surface area contributed by atoms with Crippen molar-refractivity contribution < 1.29 is 0 Å². The molecular weight excluding hydrogens is 280 g/mol. The van der Waals surface area contributed by atoms with Crippen LogP contribution in [0.2, 0.25) is 0 Å². The number of nitrogens with zero attached hydrogens (tertiary/aromatic N) is 2. The van der Waals surface area contributed by atoms with Gasteiger partial charge in [-0.05, 0) is 42.8 Å². The van der Waals surface area contributed by atoms with Crippen molar-refractivity contribution in [1.82, 2.24) is 9.80 Å². The number of fused-ring (bicyclic) bond motifs is 2. The van der Waals surface area contributed by atoms with E-state index in [0.29, 0.717) is 0 Å². The maximum absolute atomic E-state index is 2.36. The van der Waals surface area contributed by atoms with E-state index in [1.165, 1.54) is 35.2 Å². The van der Waals surface area contributed by atoms with Gasteiger partial charge in [0.25, 0.3) is 0 Å². The highest BCUT2D eigenvalue weighted by Crippen LogP contribution is 2.19. The molecule has 0 spiro atoms. The third-order valence-electron chi connectivity index (χ3n) is 4.32. The lowest BCUT2D eigenvalue weighted by Crippen LogP contribution is -2.26. The fourth-order valence-electron chi connectivity index (χ4n) is 3.14. The average Bonchev–Trinajstić information content (AvgIpc) is 2.88. The van der Waals surface area contributed by atoms with E-state index in [0.717, 1.165) is 19.6 Å².